The predicted molar refractivity (Wildman–Crippen MR) is 95.3 cm³/mol. The zero-order valence-electron chi connectivity index (χ0n) is 12.7. The Bertz CT molecular complexity index is 872. The van der Waals surface area contributed by atoms with Crippen molar-refractivity contribution in [2.75, 3.05) is 0 Å². The highest BCUT2D eigenvalue weighted by Gasteiger charge is 2.04. The van der Waals surface area contributed by atoms with Gasteiger partial charge < -0.3 is 4.74 Å². The lowest BCUT2D eigenvalue weighted by molar-refractivity contribution is 0.305. The first-order chi connectivity index (χ1) is 11.1. The Labute approximate surface area is 143 Å². The molecule has 3 rings (SSSR count). The van der Waals surface area contributed by atoms with Crippen LogP contribution in [0.5, 0.6) is 5.75 Å². The molecule has 0 aliphatic carbocycles. The molecule has 0 aliphatic rings. The molecular weight excluding hydrogens is 354 g/mol. The first-order valence-electron chi connectivity index (χ1n) is 7.29. The topological polar surface area (TPSA) is 31.2 Å². The first-order valence-corrected chi connectivity index (χ1v) is 8.09. The van der Waals surface area contributed by atoms with Gasteiger partial charge in [0.1, 0.15) is 12.4 Å². The van der Waals surface area contributed by atoms with E-state index in [1.807, 2.05) is 61.5 Å². The summed E-state index contributed by atoms with van der Waals surface area (Å²) >= 11 is 3.47. The number of hydrogen-bond donors (Lipinski definition) is 0. The molecule has 0 unspecified atom stereocenters. The molecule has 0 atom stereocenters. The van der Waals surface area contributed by atoms with E-state index in [-0.39, 0.29) is 5.56 Å². The summed E-state index contributed by atoms with van der Waals surface area (Å²) in [4.78, 5) is 12.3. The normalized spacial score (nSPS) is 10.5. The minimum absolute atomic E-state index is 0.114. The van der Waals surface area contributed by atoms with Crippen molar-refractivity contribution in [2.45, 2.75) is 13.5 Å². The van der Waals surface area contributed by atoms with Crippen LogP contribution in [0.25, 0.3) is 5.69 Å². The van der Waals surface area contributed by atoms with Gasteiger partial charge in [0, 0.05) is 22.4 Å². The Hall–Kier alpha value is -2.33. The minimum Gasteiger partial charge on any atom is -0.489 e. The summed E-state index contributed by atoms with van der Waals surface area (Å²) in [6.07, 6.45) is 1.74. The third-order valence-electron chi connectivity index (χ3n) is 3.56. The first kappa shape index (κ1) is 15.6. The van der Waals surface area contributed by atoms with E-state index in [4.69, 9.17) is 4.74 Å². The number of benzene rings is 2. The van der Waals surface area contributed by atoms with Gasteiger partial charge in [-0.3, -0.25) is 9.36 Å². The monoisotopic (exact) mass is 369 g/mol. The summed E-state index contributed by atoms with van der Waals surface area (Å²) < 4.78 is 8.32. The van der Waals surface area contributed by atoms with Crippen molar-refractivity contribution < 1.29 is 4.74 Å². The lowest BCUT2D eigenvalue weighted by atomic mass is 10.2. The zero-order chi connectivity index (χ0) is 16.2. The van der Waals surface area contributed by atoms with E-state index in [0.717, 1.165) is 21.3 Å². The third-order valence-corrected chi connectivity index (χ3v) is 4.45. The molecule has 1 heterocycles. The van der Waals surface area contributed by atoms with Crippen molar-refractivity contribution >= 4 is 15.9 Å². The Morgan fingerprint density at radius 2 is 1.83 bits per heavy atom. The van der Waals surface area contributed by atoms with Crippen LogP contribution >= 0.6 is 15.9 Å². The van der Waals surface area contributed by atoms with E-state index in [1.54, 1.807) is 10.8 Å². The van der Waals surface area contributed by atoms with E-state index in [1.165, 1.54) is 6.07 Å². The molecule has 2 aromatic carbocycles. The molecule has 0 aliphatic heterocycles. The molecule has 0 amide bonds. The number of hydrogen-bond acceptors (Lipinski definition) is 2. The van der Waals surface area contributed by atoms with Crippen LogP contribution < -0.4 is 10.3 Å². The smallest absolute Gasteiger partial charge is 0.258 e. The molecular formula is C19H16BrNO2. The van der Waals surface area contributed by atoms with Crippen LogP contribution in [0.2, 0.25) is 0 Å². The molecule has 0 saturated carbocycles. The number of halogens is 1. The SMILES string of the molecule is Cc1cc(-n2ccc(OCc3ccccc3)cc2=O)ccc1Br. The molecule has 0 spiro atoms. The fourth-order valence-corrected chi connectivity index (χ4v) is 2.53. The van der Waals surface area contributed by atoms with Crippen molar-refractivity contribution in [1.82, 2.24) is 4.57 Å². The van der Waals surface area contributed by atoms with Gasteiger partial charge in [-0.15, -0.1) is 0 Å². The van der Waals surface area contributed by atoms with E-state index in [9.17, 15) is 4.79 Å². The van der Waals surface area contributed by atoms with Gasteiger partial charge in [0.15, 0.2) is 0 Å². The summed E-state index contributed by atoms with van der Waals surface area (Å²) in [6, 6.07) is 19.0. The highest BCUT2D eigenvalue weighted by atomic mass is 79.9. The van der Waals surface area contributed by atoms with Crippen LogP contribution in [0, 0.1) is 6.92 Å². The molecule has 1 aromatic heterocycles. The van der Waals surface area contributed by atoms with Gasteiger partial charge in [-0.25, -0.2) is 0 Å². The fourth-order valence-electron chi connectivity index (χ4n) is 2.28. The maximum absolute atomic E-state index is 12.3. The second kappa shape index (κ2) is 6.84. The van der Waals surface area contributed by atoms with Gasteiger partial charge in [0.25, 0.3) is 5.56 Å². The van der Waals surface area contributed by atoms with Crippen molar-refractivity contribution in [3.8, 4) is 11.4 Å². The predicted octanol–water partition coefficient (Wildman–Crippen LogP) is 4.49. The lowest BCUT2D eigenvalue weighted by Gasteiger charge is -2.10. The van der Waals surface area contributed by atoms with Gasteiger partial charge in [0.2, 0.25) is 0 Å². The number of aromatic nitrogens is 1. The Balaban J connectivity index is 1.80. The second-order valence-corrected chi connectivity index (χ2v) is 6.13. The Kier molecular flexibility index (Phi) is 4.63. The molecule has 0 saturated heterocycles. The van der Waals surface area contributed by atoms with E-state index in [2.05, 4.69) is 15.9 Å². The number of pyridine rings is 1. The molecule has 116 valence electrons. The van der Waals surface area contributed by atoms with Crippen LogP contribution in [-0.2, 0) is 6.61 Å². The summed E-state index contributed by atoms with van der Waals surface area (Å²) in [6.45, 7) is 2.44. The molecule has 0 bridgehead atoms. The molecule has 0 N–H and O–H groups in total. The van der Waals surface area contributed by atoms with Crippen molar-refractivity contribution in [3.05, 3.63) is 92.8 Å². The van der Waals surface area contributed by atoms with Crippen molar-refractivity contribution in [3.63, 3.8) is 0 Å². The minimum atomic E-state index is -0.114. The van der Waals surface area contributed by atoms with E-state index < -0.39 is 0 Å². The number of ether oxygens (including phenoxy) is 1. The molecule has 3 aromatic rings. The van der Waals surface area contributed by atoms with Gasteiger partial charge in [0.05, 0.1) is 0 Å². The summed E-state index contributed by atoms with van der Waals surface area (Å²) in [5.41, 5.74) is 2.88. The standard InChI is InChI=1S/C19H16BrNO2/c1-14-11-16(7-8-18(14)20)21-10-9-17(12-19(21)22)23-13-15-5-3-2-4-6-15/h2-12H,13H2,1H3. The van der Waals surface area contributed by atoms with Gasteiger partial charge in [-0.2, -0.15) is 0 Å². The van der Waals surface area contributed by atoms with Gasteiger partial charge in [-0.1, -0.05) is 46.3 Å². The van der Waals surface area contributed by atoms with Crippen LogP contribution in [0.4, 0.5) is 0 Å². The summed E-state index contributed by atoms with van der Waals surface area (Å²) in [7, 11) is 0. The van der Waals surface area contributed by atoms with Gasteiger partial charge in [-0.05, 0) is 42.3 Å². The highest BCUT2D eigenvalue weighted by Crippen LogP contribution is 2.19. The average Bonchev–Trinajstić information content (AvgIpc) is 2.57. The third kappa shape index (κ3) is 3.71. The largest absolute Gasteiger partial charge is 0.489 e. The maximum atomic E-state index is 12.3. The van der Waals surface area contributed by atoms with Gasteiger partial charge >= 0.3 is 0 Å². The lowest BCUT2D eigenvalue weighted by Crippen LogP contribution is -2.16. The molecule has 23 heavy (non-hydrogen) atoms. The molecule has 3 nitrogen and oxygen atoms in total. The average molecular weight is 370 g/mol. The fraction of sp³-hybridized carbons (Fsp3) is 0.105. The Morgan fingerprint density at radius 3 is 2.52 bits per heavy atom. The van der Waals surface area contributed by atoms with E-state index >= 15 is 0 Å². The van der Waals surface area contributed by atoms with E-state index in [0.29, 0.717) is 12.4 Å². The molecule has 0 radical (unpaired) electrons. The van der Waals surface area contributed by atoms with Crippen molar-refractivity contribution in [1.29, 1.82) is 0 Å². The quantitative estimate of drug-likeness (QED) is 0.678. The number of nitrogens with zero attached hydrogens (tertiary/aromatic N) is 1. The summed E-state index contributed by atoms with van der Waals surface area (Å²) in [5, 5.41) is 0. The van der Waals surface area contributed by atoms with Crippen molar-refractivity contribution in [2.24, 2.45) is 0 Å². The van der Waals surface area contributed by atoms with Crippen LogP contribution in [-0.4, -0.2) is 4.57 Å². The highest BCUT2D eigenvalue weighted by molar-refractivity contribution is 9.10. The van der Waals surface area contributed by atoms with Crippen LogP contribution in [0.1, 0.15) is 11.1 Å². The molecule has 0 fully saturated rings. The zero-order valence-corrected chi connectivity index (χ0v) is 14.3. The molecule has 4 heteroatoms. The summed E-state index contributed by atoms with van der Waals surface area (Å²) in [5.74, 6) is 0.573. The number of rotatable bonds is 4. The van der Waals surface area contributed by atoms with Crippen LogP contribution in [0.3, 0.4) is 0 Å². The second-order valence-electron chi connectivity index (χ2n) is 5.28. The number of aryl methyl sites for hydroxylation is 1. The maximum Gasteiger partial charge on any atom is 0.258 e. The Morgan fingerprint density at radius 1 is 1.04 bits per heavy atom. The van der Waals surface area contributed by atoms with Crippen LogP contribution in [0.15, 0.2) is 76.1 Å².